The minimum Gasteiger partial charge on any atom is -0.465 e. The Morgan fingerprint density at radius 3 is 2.53 bits per heavy atom. The molecule has 1 aromatic rings. The quantitative estimate of drug-likeness (QED) is 0.809. The lowest BCUT2D eigenvalue weighted by atomic mass is 9.85. The average molecular weight is 231 g/mol. The molecule has 2 aliphatic carbocycles. The lowest BCUT2D eigenvalue weighted by Gasteiger charge is -2.23. The highest BCUT2D eigenvalue weighted by molar-refractivity contribution is 5.89. The van der Waals surface area contributed by atoms with E-state index in [1.165, 1.54) is 12.7 Å². The normalized spacial score (nSPS) is 22.9. The summed E-state index contributed by atoms with van der Waals surface area (Å²) in [6, 6.07) is 7.76. The monoisotopic (exact) mass is 231 g/mol. The van der Waals surface area contributed by atoms with Crippen LogP contribution < -0.4 is 5.73 Å². The number of esters is 1. The highest BCUT2D eigenvalue weighted by Gasteiger charge is 2.64. The van der Waals surface area contributed by atoms with E-state index in [1.807, 2.05) is 12.1 Å². The van der Waals surface area contributed by atoms with E-state index in [0.29, 0.717) is 5.56 Å². The van der Waals surface area contributed by atoms with E-state index >= 15 is 0 Å². The molecule has 0 unspecified atom stereocenters. The van der Waals surface area contributed by atoms with Gasteiger partial charge in [0.2, 0.25) is 0 Å². The summed E-state index contributed by atoms with van der Waals surface area (Å²) in [5.74, 6) is -0.274. The van der Waals surface area contributed by atoms with Gasteiger partial charge in [-0.25, -0.2) is 4.79 Å². The number of rotatable bonds is 3. The van der Waals surface area contributed by atoms with Crippen molar-refractivity contribution in [2.24, 2.45) is 5.73 Å². The Kier molecular flexibility index (Phi) is 2.11. The van der Waals surface area contributed by atoms with Crippen LogP contribution in [0.2, 0.25) is 0 Å². The molecule has 3 heteroatoms. The van der Waals surface area contributed by atoms with E-state index in [-0.39, 0.29) is 16.9 Å². The molecule has 2 aliphatic rings. The zero-order chi connectivity index (χ0) is 12.1. The Morgan fingerprint density at radius 2 is 2.00 bits per heavy atom. The van der Waals surface area contributed by atoms with Crippen molar-refractivity contribution in [3.63, 3.8) is 0 Å². The van der Waals surface area contributed by atoms with Gasteiger partial charge in [-0.3, -0.25) is 0 Å². The summed E-state index contributed by atoms with van der Waals surface area (Å²) in [7, 11) is 1.41. The molecule has 0 amide bonds. The van der Waals surface area contributed by atoms with Gasteiger partial charge < -0.3 is 10.5 Å². The number of carbonyl (C=O) groups is 1. The van der Waals surface area contributed by atoms with Gasteiger partial charge in [-0.2, -0.15) is 0 Å². The summed E-state index contributed by atoms with van der Waals surface area (Å²) in [5, 5.41) is 0. The molecule has 1 aromatic carbocycles. The highest BCUT2D eigenvalue weighted by atomic mass is 16.5. The lowest BCUT2D eigenvalue weighted by Crippen LogP contribution is -2.37. The zero-order valence-corrected chi connectivity index (χ0v) is 10.0. The standard InChI is InChI=1S/C14H17NO2/c1-17-12(16)10-3-2-4-11(9-10)13(5-6-13)14(15)7-8-14/h2-4,9H,5-8,15H2,1H3. The van der Waals surface area contributed by atoms with E-state index in [0.717, 1.165) is 25.7 Å². The number of methoxy groups -OCH3 is 1. The van der Waals surface area contributed by atoms with Crippen LogP contribution in [0.5, 0.6) is 0 Å². The van der Waals surface area contributed by atoms with E-state index in [9.17, 15) is 4.79 Å². The zero-order valence-electron chi connectivity index (χ0n) is 10.0. The van der Waals surface area contributed by atoms with Gasteiger partial charge in [0.1, 0.15) is 0 Å². The van der Waals surface area contributed by atoms with Crippen LogP contribution in [0.25, 0.3) is 0 Å². The van der Waals surface area contributed by atoms with Crippen molar-refractivity contribution in [2.75, 3.05) is 7.11 Å². The number of hydrogen-bond acceptors (Lipinski definition) is 3. The molecule has 0 radical (unpaired) electrons. The molecule has 2 saturated carbocycles. The fourth-order valence-electron chi connectivity index (χ4n) is 2.87. The average Bonchev–Trinajstić information content (AvgIpc) is 3.23. The molecule has 2 N–H and O–H groups in total. The minimum absolute atomic E-state index is 0.0122. The fraction of sp³-hybridized carbons (Fsp3) is 0.500. The van der Waals surface area contributed by atoms with E-state index in [4.69, 9.17) is 10.5 Å². The molecule has 3 nitrogen and oxygen atoms in total. The van der Waals surface area contributed by atoms with Crippen molar-refractivity contribution in [2.45, 2.75) is 36.6 Å². The summed E-state index contributed by atoms with van der Waals surface area (Å²) in [5.41, 5.74) is 8.32. The maximum atomic E-state index is 11.5. The van der Waals surface area contributed by atoms with Crippen LogP contribution in [0.15, 0.2) is 24.3 Å². The summed E-state index contributed by atoms with van der Waals surface area (Å²) in [4.78, 5) is 11.5. The van der Waals surface area contributed by atoms with Crippen LogP contribution in [-0.2, 0) is 10.2 Å². The minimum atomic E-state index is -0.274. The molecule has 0 atom stereocenters. The van der Waals surface area contributed by atoms with Crippen LogP contribution >= 0.6 is 0 Å². The van der Waals surface area contributed by atoms with Crippen molar-refractivity contribution in [1.82, 2.24) is 0 Å². The molecule has 0 saturated heterocycles. The smallest absolute Gasteiger partial charge is 0.337 e. The van der Waals surface area contributed by atoms with Gasteiger partial charge in [0, 0.05) is 11.0 Å². The second kappa shape index (κ2) is 3.33. The molecule has 0 aliphatic heterocycles. The van der Waals surface area contributed by atoms with E-state index in [2.05, 4.69) is 6.07 Å². The van der Waals surface area contributed by atoms with Crippen molar-refractivity contribution in [3.05, 3.63) is 35.4 Å². The van der Waals surface area contributed by atoms with Crippen molar-refractivity contribution < 1.29 is 9.53 Å². The van der Waals surface area contributed by atoms with Gasteiger partial charge in [-0.1, -0.05) is 12.1 Å². The first-order chi connectivity index (χ1) is 8.11. The van der Waals surface area contributed by atoms with Gasteiger partial charge in [-0.05, 0) is 43.4 Å². The third kappa shape index (κ3) is 1.49. The van der Waals surface area contributed by atoms with E-state index in [1.54, 1.807) is 6.07 Å². The second-order valence-electron chi connectivity index (χ2n) is 5.31. The molecule has 0 spiro atoms. The van der Waals surface area contributed by atoms with Gasteiger partial charge in [-0.15, -0.1) is 0 Å². The highest BCUT2D eigenvalue weighted by Crippen LogP contribution is 2.63. The fourth-order valence-corrected chi connectivity index (χ4v) is 2.87. The van der Waals surface area contributed by atoms with Gasteiger partial charge >= 0.3 is 5.97 Å². The first kappa shape index (κ1) is 10.8. The lowest BCUT2D eigenvalue weighted by molar-refractivity contribution is 0.0600. The van der Waals surface area contributed by atoms with E-state index < -0.39 is 0 Å². The van der Waals surface area contributed by atoms with Crippen LogP contribution in [0.4, 0.5) is 0 Å². The second-order valence-corrected chi connectivity index (χ2v) is 5.31. The number of hydrogen-bond donors (Lipinski definition) is 1. The Labute approximate surface area is 101 Å². The predicted octanol–water partition coefficient (Wildman–Crippen LogP) is 2.00. The van der Waals surface area contributed by atoms with Crippen LogP contribution in [-0.4, -0.2) is 18.6 Å². The third-order valence-electron chi connectivity index (χ3n) is 4.33. The summed E-state index contributed by atoms with van der Waals surface area (Å²) >= 11 is 0. The Morgan fingerprint density at radius 1 is 1.29 bits per heavy atom. The first-order valence-electron chi connectivity index (χ1n) is 6.09. The Balaban J connectivity index is 1.96. The summed E-state index contributed by atoms with van der Waals surface area (Å²) < 4.78 is 4.76. The predicted molar refractivity (Wildman–Crippen MR) is 64.8 cm³/mol. The van der Waals surface area contributed by atoms with Gasteiger partial charge in [0.15, 0.2) is 0 Å². The Hall–Kier alpha value is -1.35. The van der Waals surface area contributed by atoms with Gasteiger partial charge in [0.25, 0.3) is 0 Å². The molecule has 0 heterocycles. The molecular formula is C14H17NO2. The third-order valence-corrected chi connectivity index (χ3v) is 4.33. The van der Waals surface area contributed by atoms with Crippen LogP contribution in [0.3, 0.4) is 0 Å². The first-order valence-corrected chi connectivity index (χ1v) is 6.09. The van der Waals surface area contributed by atoms with Crippen molar-refractivity contribution in [1.29, 1.82) is 0 Å². The molecule has 2 fully saturated rings. The number of nitrogens with two attached hydrogens (primary N) is 1. The van der Waals surface area contributed by atoms with Crippen molar-refractivity contribution >= 4 is 5.97 Å². The maximum absolute atomic E-state index is 11.5. The topological polar surface area (TPSA) is 52.3 Å². The summed E-state index contributed by atoms with van der Waals surface area (Å²) in [6.45, 7) is 0. The van der Waals surface area contributed by atoms with Gasteiger partial charge in [0.05, 0.1) is 12.7 Å². The largest absolute Gasteiger partial charge is 0.465 e. The summed E-state index contributed by atoms with van der Waals surface area (Å²) in [6.07, 6.45) is 4.51. The Bertz CT molecular complexity index is 473. The maximum Gasteiger partial charge on any atom is 0.337 e. The van der Waals surface area contributed by atoms with Crippen LogP contribution in [0, 0.1) is 0 Å². The molecule has 17 heavy (non-hydrogen) atoms. The SMILES string of the molecule is COC(=O)c1cccc(C2(C3(N)CC3)CC2)c1. The molecule has 3 rings (SSSR count). The molecule has 0 bridgehead atoms. The van der Waals surface area contributed by atoms with Crippen molar-refractivity contribution in [3.8, 4) is 0 Å². The number of benzene rings is 1. The molecule has 0 aromatic heterocycles. The number of carbonyl (C=O) groups excluding carboxylic acids is 1. The number of ether oxygens (including phenoxy) is 1. The molecular weight excluding hydrogens is 214 g/mol. The molecule has 90 valence electrons. The van der Waals surface area contributed by atoms with Crippen LogP contribution in [0.1, 0.15) is 41.6 Å².